The third-order valence-corrected chi connectivity index (χ3v) is 2.39. The van der Waals surface area contributed by atoms with Crippen LogP contribution in [0.15, 0.2) is 42.6 Å². The highest BCUT2D eigenvalue weighted by Crippen LogP contribution is 2.11. The predicted molar refractivity (Wildman–Crippen MR) is 66.2 cm³/mol. The Kier molecular flexibility index (Phi) is 3.52. The predicted octanol–water partition coefficient (Wildman–Crippen LogP) is 1.73. The first-order valence-corrected chi connectivity index (χ1v) is 5.40. The molecule has 0 fully saturated rings. The fourth-order valence-electron chi connectivity index (χ4n) is 1.49. The van der Waals surface area contributed by atoms with E-state index < -0.39 is 11.7 Å². The van der Waals surface area contributed by atoms with Gasteiger partial charge in [0.1, 0.15) is 5.82 Å². The zero-order valence-electron chi connectivity index (χ0n) is 9.56. The van der Waals surface area contributed by atoms with Crippen molar-refractivity contribution in [1.82, 2.24) is 10.3 Å². The van der Waals surface area contributed by atoms with Crippen LogP contribution in [-0.4, -0.2) is 10.9 Å². The molecular weight excluding hydrogens is 233 g/mol. The zero-order valence-corrected chi connectivity index (χ0v) is 9.56. The Bertz CT molecular complexity index is 557. The molecule has 92 valence electrons. The van der Waals surface area contributed by atoms with E-state index in [1.807, 2.05) is 6.07 Å². The largest absolute Gasteiger partial charge is 0.399 e. The number of benzene rings is 1. The number of anilines is 1. The van der Waals surface area contributed by atoms with Gasteiger partial charge in [-0.15, -0.1) is 0 Å². The molecule has 0 aliphatic rings. The van der Waals surface area contributed by atoms with Crippen LogP contribution < -0.4 is 11.1 Å². The summed E-state index contributed by atoms with van der Waals surface area (Å²) in [5.74, 6) is -1.10. The highest BCUT2D eigenvalue weighted by Gasteiger charge is 2.11. The lowest BCUT2D eigenvalue weighted by Crippen LogP contribution is -2.24. The summed E-state index contributed by atoms with van der Waals surface area (Å²) < 4.78 is 13.4. The number of pyridine rings is 1. The number of hydrogen-bond donors (Lipinski definition) is 2. The number of nitrogens with one attached hydrogen (secondary N) is 1. The lowest BCUT2D eigenvalue weighted by molar-refractivity contribution is 0.0946. The standard InChI is InChI=1S/C13H12FN3O/c14-12-5-4-9(15)7-11(12)13(18)17-8-10-3-1-2-6-16-10/h1-7H,8,15H2,(H,17,18). The maximum atomic E-state index is 13.4. The van der Waals surface area contributed by atoms with E-state index in [1.54, 1.807) is 18.3 Å². The maximum Gasteiger partial charge on any atom is 0.254 e. The SMILES string of the molecule is Nc1ccc(F)c(C(=O)NCc2ccccn2)c1. The van der Waals surface area contributed by atoms with Crippen LogP contribution in [0.4, 0.5) is 10.1 Å². The molecule has 1 heterocycles. The van der Waals surface area contributed by atoms with Crippen molar-refractivity contribution < 1.29 is 9.18 Å². The van der Waals surface area contributed by atoms with Crippen molar-refractivity contribution in [2.24, 2.45) is 0 Å². The van der Waals surface area contributed by atoms with Gasteiger partial charge in [0, 0.05) is 11.9 Å². The van der Waals surface area contributed by atoms with Crippen molar-refractivity contribution in [3.63, 3.8) is 0 Å². The molecule has 3 N–H and O–H groups in total. The Balaban J connectivity index is 2.06. The first-order chi connectivity index (χ1) is 8.66. The molecule has 0 aliphatic carbocycles. The van der Waals surface area contributed by atoms with Crippen LogP contribution in [0, 0.1) is 5.82 Å². The minimum absolute atomic E-state index is 0.0640. The highest BCUT2D eigenvalue weighted by atomic mass is 19.1. The van der Waals surface area contributed by atoms with Gasteiger partial charge in [-0.05, 0) is 30.3 Å². The molecule has 4 nitrogen and oxygen atoms in total. The van der Waals surface area contributed by atoms with Crippen molar-refractivity contribution in [1.29, 1.82) is 0 Å². The Morgan fingerprint density at radius 3 is 2.89 bits per heavy atom. The molecule has 18 heavy (non-hydrogen) atoms. The number of aromatic nitrogens is 1. The summed E-state index contributed by atoms with van der Waals surface area (Å²) in [6.07, 6.45) is 1.63. The lowest BCUT2D eigenvalue weighted by Gasteiger charge is -2.06. The molecule has 0 atom stereocenters. The van der Waals surface area contributed by atoms with E-state index in [2.05, 4.69) is 10.3 Å². The van der Waals surface area contributed by atoms with Gasteiger partial charge in [-0.1, -0.05) is 6.07 Å². The molecule has 0 saturated carbocycles. The summed E-state index contributed by atoms with van der Waals surface area (Å²) in [6, 6.07) is 9.26. The topological polar surface area (TPSA) is 68.0 Å². The number of nitrogens with two attached hydrogens (primary N) is 1. The summed E-state index contributed by atoms with van der Waals surface area (Å²) in [5, 5.41) is 2.59. The summed E-state index contributed by atoms with van der Waals surface area (Å²) in [7, 11) is 0. The Labute approximate surface area is 104 Å². The number of rotatable bonds is 3. The molecule has 1 aromatic heterocycles. The molecule has 0 saturated heterocycles. The van der Waals surface area contributed by atoms with Gasteiger partial charge in [-0.25, -0.2) is 4.39 Å². The Morgan fingerprint density at radius 2 is 2.17 bits per heavy atom. The zero-order chi connectivity index (χ0) is 13.0. The number of amides is 1. The van der Waals surface area contributed by atoms with Crippen molar-refractivity contribution in [3.05, 3.63) is 59.7 Å². The second-order valence-electron chi connectivity index (χ2n) is 3.74. The quantitative estimate of drug-likeness (QED) is 0.809. The van der Waals surface area contributed by atoms with E-state index in [9.17, 15) is 9.18 Å². The van der Waals surface area contributed by atoms with Gasteiger partial charge >= 0.3 is 0 Å². The van der Waals surface area contributed by atoms with Crippen LogP contribution in [0.5, 0.6) is 0 Å². The number of nitrogens with zero attached hydrogens (tertiary/aromatic N) is 1. The maximum absolute atomic E-state index is 13.4. The Morgan fingerprint density at radius 1 is 1.33 bits per heavy atom. The van der Waals surface area contributed by atoms with E-state index in [-0.39, 0.29) is 12.1 Å². The summed E-state index contributed by atoms with van der Waals surface area (Å²) >= 11 is 0. The van der Waals surface area contributed by atoms with Crippen molar-refractivity contribution in [2.45, 2.75) is 6.54 Å². The summed E-state index contributed by atoms with van der Waals surface area (Å²) in [5.41, 5.74) is 6.50. The molecule has 1 aromatic carbocycles. The number of carbonyl (C=O) groups excluding carboxylic acids is 1. The minimum atomic E-state index is -0.595. The van der Waals surface area contributed by atoms with Gasteiger partial charge in [0.2, 0.25) is 0 Å². The molecule has 0 unspecified atom stereocenters. The Hall–Kier alpha value is -2.43. The van der Waals surface area contributed by atoms with Crippen molar-refractivity contribution in [2.75, 3.05) is 5.73 Å². The second-order valence-corrected chi connectivity index (χ2v) is 3.74. The molecule has 2 rings (SSSR count). The van der Waals surface area contributed by atoms with E-state index in [0.717, 1.165) is 0 Å². The molecule has 5 heteroatoms. The van der Waals surface area contributed by atoms with Crippen LogP contribution in [0.2, 0.25) is 0 Å². The van der Waals surface area contributed by atoms with E-state index in [0.29, 0.717) is 11.4 Å². The monoisotopic (exact) mass is 245 g/mol. The molecule has 0 aliphatic heterocycles. The van der Waals surface area contributed by atoms with Gasteiger partial charge in [0.25, 0.3) is 5.91 Å². The van der Waals surface area contributed by atoms with Crippen LogP contribution in [0.25, 0.3) is 0 Å². The van der Waals surface area contributed by atoms with Crippen molar-refractivity contribution >= 4 is 11.6 Å². The molecule has 2 aromatic rings. The lowest BCUT2D eigenvalue weighted by atomic mass is 10.1. The van der Waals surface area contributed by atoms with E-state index in [4.69, 9.17) is 5.73 Å². The fourth-order valence-corrected chi connectivity index (χ4v) is 1.49. The smallest absolute Gasteiger partial charge is 0.254 e. The van der Waals surface area contributed by atoms with Gasteiger partial charge in [0.05, 0.1) is 17.8 Å². The molecule has 0 radical (unpaired) electrons. The summed E-state index contributed by atoms with van der Waals surface area (Å²) in [4.78, 5) is 15.8. The van der Waals surface area contributed by atoms with E-state index in [1.165, 1.54) is 18.2 Å². The average Bonchev–Trinajstić information content (AvgIpc) is 2.40. The fraction of sp³-hybridized carbons (Fsp3) is 0.0769. The van der Waals surface area contributed by atoms with Crippen LogP contribution >= 0.6 is 0 Å². The van der Waals surface area contributed by atoms with Gasteiger partial charge < -0.3 is 11.1 Å². The van der Waals surface area contributed by atoms with Gasteiger partial charge in [-0.3, -0.25) is 9.78 Å². The number of nitrogen functional groups attached to an aromatic ring is 1. The minimum Gasteiger partial charge on any atom is -0.399 e. The normalized spacial score (nSPS) is 10.1. The van der Waals surface area contributed by atoms with E-state index >= 15 is 0 Å². The number of carbonyl (C=O) groups is 1. The molecule has 0 bridgehead atoms. The van der Waals surface area contributed by atoms with Crippen LogP contribution in [0.3, 0.4) is 0 Å². The van der Waals surface area contributed by atoms with Crippen LogP contribution in [-0.2, 0) is 6.54 Å². The molecule has 0 spiro atoms. The third kappa shape index (κ3) is 2.82. The first-order valence-electron chi connectivity index (χ1n) is 5.40. The second kappa shape index (κ2) is 5.27. The first kappa shape index (κ1) is 12.0. The third-order valence-electron chi connectivity index (χ3n) is 2.39. The average molecular weight is 245 g/mol. The molecular formula is C13H12FN3O. The highest BCUT2D eigenvalue weighted by molar-refractivity contribution is 5.95. The molecule has 1 amide bonds. The van der Waals surface area contributed by atoms with Crippen molar-refractivity contribution in [3.8, 4) is 0 Å². The summed E-state index contributed by atoms with van der Waals surface area (Å²) in [6.45, 7) is 0.244. The number of halogens is 1. The van der Waals surface area contributed by atoms with Crippen LogP contribution in [0.1, 0.15) is 16.1 Å². The van der Waals surface area contributed by atoms with Gasteiger partial charge in [-0.2, -0.15) is 0 Å². The van der Waals surface area contributed by atoms with Gasteiger partial charge in [0.15, 0.2) is 0 Å². The number of hydrogen-bond acceptors (Lipinski definition) is 3.